The second-order valence-electron chi connectivity index (χ2n) is 6.45. The smallest absolute Gasteiger partial charge is 0.339 e. The Morgan fingerprint density at radius 2 is 2.08 bits per heavy atom. The molecular formula is C19H17N5O2. The predicted octanol–water partition coefficient (Wildman–Crippen LogP) is 3.34. The van der Waals surface area contributed by atoms with Gasteiger partial charge in [0.05, 0.1) is 11.3 Å². The highest BCUT2D eigenvalue weighted by Crippen LogP contribution is 2.27. The van der Waals surface area contributed by atoms with Crippen LogP contribution in [0.25, 0.3) is 16.9 Å². The van der Waals surface area contributed by atoms with Gasteiger partial charge in [0.25, 0.3) is 0 Å². The summed E-state index contributed by atoms with van der Waals surface area (Å²) >= 11 is 0. The summed E-state index contributed by atoms with van der Waals surface area (Å²) in [5.74, 6) is -0.415. The summed E-state index contributed by atoms with van der Waals surface area (Å²) in [5.41, 5.74) is 1.90. The number of anilines is 1. The van der Waals surface area contributed by atoms with Crippen molar-refractivity contribution < 1.29 is 9.90 Å². The molecule has 0 atom stereocenters. The van der Waals surface area contributed by atoms with E-state index in [1.54, 1.807) is 16.7 Å². The number of aromatic nitrogens is 3. The molecule has 1 fully saturated rings. The Kier molecular flexibility index (Phi) is 4.01. The first kappa shape index (κ1) is 16.1. The van der Waals surface area contributed by atoms with E-state index in [0.29, 0.717) is 28.8 Å². The molecule has 1 aliphatic carbocycles. The van der Waals surface area contributed by atoms with Crippen molar-refractivity contribution in [1.29, 1.82) is 5.26 Å². The highest BCUT2D eigenvalue weighted by molar-refractivity contribution is 5.94. The molecular weight excluding hydrogens is 330 g/mol. The molecule has 7 nitrogen and oxygen atoms in total. The number of nitrogens with zero attached hydrogens (tertiary/aromatic N) is 4. The highest BCUT2D eigenvalue weighted by atomic mass is 16.4. The van der Waals surface area contributed by atoms with Crippen molar-refractivity contribution in [2.75, 3.05) is 5.32 Å². The molecule has 0 radical (unpaired) electrons. The van der Waals surface area contributed by atoms with Crippen LogP contribution in [-0.2, 0) is 0 Å². The van der Waals surface area contributed by atoms with E-state index in [0.717, 1.165) is 31.1 Å². The van der Waals surface area contributed by atoms with Crippen LogP contribution in [0.4, 0.5) is 5.69 Å². The molecule has 3 heterocycles. The molecule has 4 rings (SSSR count). The SMILES string of the molecule is N#Cc1cnc2c(ccn2-c2cc(NC3CCCC3)c(C(=O)O)cn2)c1. The third-order valence-electron chi connectivity index (χ3n) is 4.74. The zero-order valence-electron chi connectivity index (χ0n) is 14.0. The molecule has 3 aromatic rings. The maximum Gasteiger partial charge on any atom is 0.339 e. The molecule has 1 aliphatic rings. The van der Waals surface area contributed by atoms with Gasteiger partial charge in [0, 0.05) is 36.1 Å². The number of hydrogen-bond donors (Lipinski definition) is 2. The van der Waals surface area contributed by atoms with Crippen LogP contribution in [0.3, 0.4) is 0 Å². The Labute approximate surface area is 149 Å². The number of carboxylic acids is 1. The van der Waals surface area contributed by atoms with E-state index in [2.05, 4.69) is 21.4 Å². The number of hydrogen-bond acceptors (Lipinski definition) is 5. The van der Waals surface area contributed by atoms with Gasteiger partial charge in [-0.1, -0.05) is 12.8 Å². The molecule has 0 amide bonds. The van der Waals surface area contributed by atoms with Crippen LogP contribution >= 0.6 is 0 Å². The Morgan fingerprint density at radius 1 is 1.27 bits per heavy atom. The standard InChI is InChI=1S/C19H17N5O2/c20-9-12-7-13-5-6-24(18(13)22-10-12)17-8-16(15(11-21-17)19(25)26)23-14-3-1-2-4-14/h5-8,10-11,14H,1-4H2,(H,21,23)(H,25,26). The normalized spacial score (nSPS) is 14.4. The van der Waals surface area contributed by atoms with Crippen molar-refractivity contribution in [2.45, 2.75) is 31.7 Å². The van der Waals surface area contributed by atoms with Crippen molar-refractivity contribution in [3.05, 3.63) is 47.9 Å². The zero-order valence-corrected chi connectivity index (χ0v) is 14.0. The number of aromatic carboxylic acids is 1. The fourth-order valence-electron chi connectivity index (χ4n) is 3.43. The lowest BCUT2D eigenvalue weighted by Gasteiger charge is -2.16. The molecule has 1 saturated carbocycles. The van der Waals surface area contributed by atoms with Crippen LogP contribution < -0.4 is 5.32 Å². The molecule has 26 heavy (non-hydrogen) atoms. The summed E-state index contributed by atoms with van der Waals surface area (Å²) < 4.78 is 1.79. The fraction of sp³-hybridized carbons (Fsp3) is 0.263. The quantitative estimate of drug-likeness (QED) is 0.750. The second kappa shape index (κ2) is 6.48. The Morgan fingerprint density at radius 3 is 2.81 bits per heavy atom. The predicted molar refractivity (Wildman–Crippen MR) is 96.4 cm³/mol. The minimum atomic E-state index is -1.00. The lowest BCUT2D eigenvalue weighted by molar-refractivity contribution is 0.0697. The molecule has 2 N–H and O–H groups in total. The Bertz CT molecular complexity index is 1030. The van der Waals surface area contributed by atoms with Crippen molar-refractivity contribution in [1.82, 2.24) is 14.5 Å². The molecule has 0 aromatic carbocycles. The maximum absolute atomic E-state index is 11.5. The minimum Gasteiger partial charge on any atom is -0.478 e. The summed E-state index contributed by atoms with van der Waals surface area (Å²) in [6.45, 7) is 0. The van der Waals surface area contributed by atoms with E-state index >= 15 is 0 Å². The van der Waals surface area contributed by atoms with Gasteiger partial charge in [-0.3, -0.25) is 4.57 Å². The van der Waals surface area contributed by atoms with Crippen LogP contribution in [0, 0.1) is 11.3 Å². The minimum absolute atomic E-state index is 0.164. The molecule has 0 aliphatic heterocycles. The largest absolute Gasteiger partial charge is 0.478 e. The van der Waals surface area contributed by atoms with Gasteiger partial charge in [0.1, 0.15) is 23.1 Å². The Hall–Kier alpha value is -3.40. The number of nitriles is 1. The van der Waals surface area contributed by atoms with Crippen molar-refractivity contribution >= 4 is 22.7 Å². The molecule has 3 aromatic heterocycles. The maximum atomic E-state index is 11.5. The molecule has 130 valence electrons. The van der Waals surface area contributed by atoms with E-state index in [-0.39, 0.29) is 5.56 Å². The third-order valence-corrected chi connectivity index (χ3v) is 4.74. The zero-order chi connectivity index (χ0) is 18.1. The first-order chi connectivity index (χ1) is 12.7. The summed E-state index contributed by atoms with van der Waals surface area (Å²) in [7, 11) is 0. The van der Waals surface area contributed by atoms with Crippen LogP contribution in [0.2, 0.25) is 0 Å². The van der Waals surface area contributed by atoms with Crippen molar-refractivity contribution in [3.8, 4) is 11.9 Å². The van der Waals surface area contributed by atoms with Gasteiger partial charge in [-0.15, -0.1) is 0 Å². The Balaban J connectivity index is 1.77. The molecule has 0 bridgehead atoms. The van der Waals surface area contributed by atoms with Gasteiger partial charge in [0.2, 0.25) is 0 Å². The van der Waals surface area contributed by atoms with E-state index < -0.39 is 5.97 Å². The van der Waals surface area contributed by atoms with Crippen molar-refractivity contribution in [3.63, 3.8) is 0 Å². The number of nitrogens with one attached hydrogen (secondary N) is 1. The van der Waals surface area contributed by atoms with E-state index in [9.17, 15) is 9.90 Å². The van der Waals surface area contributed by atoms with Crippen LogP contribution in [0.15, 0.2) is 36.8 Å². The average Bonchev–Trinajstić information content (AvgIpc) is 3.30. The number of carbonyl (C=O) groups is 1. The first-order valence-corrected chi connectivity index (χ1v) is 8.53. The molecule has 7 heteroatoms. The monoisotopic (exact) mass is 347 g/mol. The fourth-order valence-corrected chi connectivity index (χ4v) is 3.43. The summed E-state index contributed by atoms with van der Waals surface area (Å²) in [6.07, 6.45) is 9.12. The van der Waals surface area contributed by atoms with E-state index in [1.165, 1.54) is 12.4 Å². The van der Waals surface area contributed by atoms with Gasteiger partial charge < -0.3 is 10.4 Å². The number of rotatable bonds is 4. The summed E-state index contributed by atoms with van der Waals surface area (Å²) in [6, 6.07) is 7.75. The van der Waals surface area contributed by atoms with Crippen molar-refractivity contribution in [2.24, 2.45) is 0 Å². The number of carboxylic acid groups (broad SMARTS) is 1. The topological polar surface area (TPSA) is 104 Å². The highest BCUT2D eigenvalue weighted by Gasteiger charge is 2.19. The number of fused-ring (bicyclic) bond motifs is 1. The molecule has 0 saturated heterocycles. The average molecular weight is 347 g/mol. The van der Waals surface area contributed by atoms with Gasteiger partial charge in [-0.2, -0.15) is 5.26 Å². The summed E-state index contributed by atoms with van der Waals surface area (Å²) in [4.78, 5) is 20.2. The summed E-state index contributed by atoms with van der Waals surface area (Å²) in [5, 5.41) is 22.7. The van der Waals surface area contributed by atoms with Crippen LogP contribution in [0.5, 0.6) is 0 Å². The lowest BCUT2D eigenvalue weighted by atomic mass is 10.2. The van der Waals surface area contributed by atoms with Crippen LogP contribution in [-0.4, -0.2) is 31.7 Å². The third kappa shape index (κ3) is 2.86. The second-order valence-corrected chi connectivity index (χ2v) is 6.45. The van der Waals surface area contributed by atoms with E-state index in [4.69, 9.17) is 5.26 Å². The van der Waals surface area contributed by atoms with Gasteiger partial charge in [-0.05, 0) is 25.0 Å². The van der Waals surface area contributed by atoms with Gasteiger partial charge in [0.15, 0.2) is 0 Å². The van der Waals surface area contributed by atoms with Crippen LogP contribution in [0.1, 0.15) is 41.6 Å². The first-order valence-electron chi connectivity index (χ1n) is 8.53. The van der Waals surface area contributed by atoms with Gasteiger partial charge >= 0.3 is 5.97 Å². The molecule has 0 unspecified atom stereocenters. The number of pyridine rings is 2. The van der Waals surface area contributed by atoms with E-state index in [1.807, 2.05) is 12.3 Å². The molecule has 0 spiro atoms. The van der Waals surface area contributed by atoms with Gasteiger partial charge in [-0.25, -0.2) is 14.8 Å². The lowest BCUT2D eigenvalue weighted by Crippen LogP contribution is -2.18.